The fourth-order valence-electron chi connectivity index (χ4n) is 3.66. The molecule has 0 radical (unpaired) electrons. The molecular formula is C20H28N4O3S. The lowest BCUT2D eigenvalue weighted by Gasteiger charge is -2.17. The second-order valence-corrected chi connectivity index (χ2v) is 9.97. The van der Waals surface area contributed by atoms with Gasteiger partial charge < -0.3 is 5.32 Å². The fourth-order valence-corrected chi connectivity index (χ4v) is 5.35. The van der Waals surface area contributed by atoms with Crippen LogP contribution in [0.1, 0.15) is 35.0 Å². The van der Waals surface area contributed by atoms with Gasteiger partial charge in [-0.15, -0.1) is 0 Å². The molecule has 0 spiro atoms. The summed E-state index contributed by atoms with van der Waals surface area (Å²) in [6, 6.07) is 7.61. The first-order chi connectivity index (χ1) is 13.1. The second-order valence-electron chi connectivity index (χ2n) is 7.74. The Labute approximate surface area is 166 Å². The average molecular weight is 405 g/mol. The van der Waals surface area contributed by atoms with Gasteiger partial charge in [0.1, 0.15) is 0 Å². The first kappa shape index (κ1) is 20.5. The number of sulfone groups is 1. The smallest absolute Gasteiger partial charge is 0.238 e. The number of likely N-dealkylation sites (N-methyl/N-ethyl adjacent to an activating group) is 1. The molecule has 1 saturated heterocycles. The van der Waals surface area contributed by atoms with Gasteiger partial charge in [0.2, 0.25) is 5.91 Å². The molecule has 0 aliphatic carbocycles. The number of anilines is 1. The third-order valence-corrected chi connectivity index (χ3v) is 6.96. The van der Waals surface area contributed by atoms with E-state index in [1.165, 1.54) is 0 Å². The number of aromatic nitrogens is 2. The molecule has 1 fully saturated rings. The summed E-state index contributed by atoms with van der Waals surface area (Å²) in [5.41, 5.74) is 4.84. The minimum Gasteiger partial charge on any atom is -0.325 e. The van der Waals surface area contributed by atoms with Gasteiger partial charge in [0.05, 0.1) is 29.8 Å². The molecule has 1 amide bonds. The molecule has 0 saturated carbocycles. The van der Waals surface area contributed by atoms with Crippen molar-refractivity contribution < 1.29 is 13.2 Å². The molecule has 28 heavy (non-hydrogen) atoms. The lowest BCUT2D eigenvalue weighted by molar-refractivity contribution is -0.117. The van der Waals surface area contributed by atoms with Crippen LogP contribution in [-0.2, 0) is 21.2 Å². The zero-order chi connectivity index (χ0) is 20.5. The van der Waals surface area contributed by atoms with Crippen LogP contribution in [0.25, 0.3) is 0 Å². The zero-order valence-corrected chi connectivity index (χ0v) is 17.7. The van der Waals surface area contributed by atoms with E-state index in [-0.39, 0.29) is 30.0 Å². The molecule has 152 valence electrons. The van der Waals surface area contributed by atoms with Gasteiger partial charge in [0.15, 0.2) is 9.84 Å². The quantitative estimate of drug-likeness (QED) is 0.798. The predicted molar refractivity (Wildman–Crippen MR) is 110 cm³/mol. The molecule has 8 heteroatoms. The number of carbonyl (C=O) groups excluding carboxylic acids is 1. The summed E-state index contributed by atoms with van der Waals surface area (Å²) < 4.78 is 25.4. The maximum absolute atomic E-state index is 12.3. The van der Waals surface area contributed by atoms with Crippen LogP contribution in [0.2, 0.25) is 0 Å². The minimum atomic E-state index is -2.96. The first-order valence-corrected chi connectivity index (χ1v) is 11.3. The summed E-state index contributed by atoms with van der Waals surface area (Å²) in [4.78, 5) is 14.3. The van der Waals surface area contributed by atoms with E-state index < -0.39 is 9.84 Å². The van der Waals surface area contributed by atoms with Crippen LogP contribution in [0.5, 0.6) is 0 Å². The first-order valence-electron chi connectivity index (χ1n) is 9.44. The summed E-state index contributed by atoms with van der Waals surface area (Å²) in [7, 11) is -1.07. The van der Waals surface area contributed by atoms with Crippen molar-refractivity contribution in [3.8, 4) is 0 Å². The average Bonchev–Trinajstić information content (AvgIpc) is 3.10. The van der Waals surface area contributed by atoms with Crippen molar-refractivity contribution in [2.45, 2.75) is 39.8 Å². The molecule has 7 nitrogen and oxygen atoms in total. The number of nitrogens with zero attached hydrogens (tertiary/aromatic N) is 3. The van der Waals surface area contributed by atoms with Crippen molar-refractivity contribution in [1.82, 2.24) is 14.7 Å². The molecule has 1 aromatic carbocycles. The monoisotopic (exact) mass is 404 g/mol. The molecule has 2 aromatic rings. The largest absolute Gasteiger partial charge is 0.325 e. The van der Waals surface area contributed by atoms with E-state index in [0.29, 0.717) is 13.0 Å². The van der Waals surface area contributed by atoms with Gasteiger partial charge in [-0.2, -0.15) is 5.10 Å². The highest BCUT2D eigenvalue weighted by molar-refractivity contribution is 7.91. The number of benzene rings is 1. The second kappa shape index (κ2) is 8.05. The van der Waals surface area contributed by atoms with Gasteiger partial charge in [-0.05, 0) is 46.4 Å². The number of rotatable bonds is 6. The normalized spacial score (nSPS) is 18.5. The van der Waals surface area contributed by atoms with Gasteiger partial charge in [-0.25, -0.2) is 8.42 Å². The van der Waals surface area contributed by atoms with Crippen molar-refractivity contribution in [3.63, 3.8) is 0 Å². The van der Waals surface area contributed by atoms with Crippen molar-refractivity contribution in [1.29, 1.82) is 0 Å². The molecule has 1 aromatic heterocycles. The number of hydrogen-bond donors (Lipinski definition) is 1. The Kier molecular flexibility index (Phi) is 5.90. The Morgan fingerprint density at radius 1 is 1.25 bits per heavy atom. The van der Waals surface area contributed by atoms with Gasteiger partial charge in [0.25, 0.3) is 0 Å². The lowest BCUT2D eigenvalue weighted by atomic mass is 10.1. The van der Waals surface area contributed by atoms with Crippen molar-refractivity contribution in [3.05, 3.63) is 46.8 Å². The zero-order valence-electron chi connectivity index (χ0n) is 16.9. The highest BCUT2D eigenvalue weighted by atomic mass is 32.2. The fraction of sp³-hybridized carbons (Fsp3) is 0.500. The van der Waals surface area contributed by atoms with Gasteiger partial charge in [-0.3, -0.25) is 14.4 Å². The third-order valence-electron chi connectivity index (χ3n) is 5.21. The predicted octanol–water partition coefficient (Wildman–Crippen LogP) is 2.24. The third kappa shape index (κ3) is 4.80. The lowest BCUT2D eigenvalue weighted by Crippen LogP contribution is -2.30. The van der Waals surface area contributed by atoms with E-state index in [9.17, 15) is 13.2 Å². The van der Waals surface area contributed by atoms with Crippen LogP contribution < -0.4 is 5.32 Å². The van der Waals surface area contributed by atoms with E-state index in [2.05, 4.69) is 10.4 Å². The Balaban J connectivity index is 1.63. The standard InChI is InChI=1S/C20H28N4O3S/c1-14-5-7-17(8-6-14)21-20(25)12-23(4)11-19-15(2)22-24(16(19)3)18-9-10-28(26,27)13-18/h5-8,18H,9-13H2,1-4H3,(H,21,25)/t18-/m1/s1. The Morgan fingerprint density at radius 3 is 2.54 bits per heavy atom. The topological polar surface area (TPSA) is 84.3 Å². The number of hydrogen-bond acceptors (Lipinski definition) is 5. The Morgan fingerprint density at radius 2 is 1.93 bits per heavy atom. The molecule has 1 atom stereocenters. The highest BCUT2D eigenvalue weighted by Crippen LogP contribution is 2.27. The Hall–Kier alpha value is -2.19. The van der Waals surface area contributed by atoms with Crippen LogP contribution in [-0.4, -0.2) is 54.1 Å². The van der Waals surface area contributed by atoms with Crippen LogP contribution in [0.4, 0.5) is 5.69 Å². The molecular weight excluding hydrogens is 376 g/mol. The number of carbonyl (C=O) groups is 1. The summed E-state index contributed by atoms with van der Waals surface area (Å²) >= 11 is 0. The summed E-state index contributed by atoms with van der Waals surface area (Å²) in [5, 5.41) is 7.50. The number of aryl methyl sites for hydroxylation is 2. The molecule has 1 aliphatic rings. The SMILES string of the molecule is Cc1ccc(NC(=O)CN(C)Cc2c(C)nn([C@@H]3CCS(=O)(=O)C3)c2C)cc1. The molecule has 0 unspecified atom stereocenters. The van der Waals surface area contributed by atoms with Crippen molar-refractivity contribution >= 4 is 21.4 Å². The van der Waals surface area contributed by atoms with Crippen LogP contribution >= 0.6 is 0 Å². The molecule has 3 rings (SSSR count). The van der Waals surface area contributed by atoms with Crippen molar-refractivity contribution in [2.24, 2.45) is 0 Å². The van der Waals surface area contributed by atoms with Crippen LogP contribution in [0, 0.1) is 20.8 Å². The highest BCUT2D eigenvalue weighted by Gasteiger charge is 2.31. The van der Waals surface area contributed by atoms with Gasteiger partial charge in [0, 0.05) is 23.5 Å². The number of amides is 1. The van der Waals surface area contributed by atoms with E-state index >= 15 is 0 Å². The maximum atomic E-state index is 12.3. The number of nitrogens with one attached hydrogen (secondary N) is 1. The van der Waals surface area contributed by atoms with E-state index in [1.807, 2.05) is 61.7 Å². The maximum Gasteiger partial charge on any atom is 0.238 e. The summed E-state index contributed by atoms with van der Waals surface area (Å²) in [6.45, 7) is 6.75. The van der Waals surface area contributed by atoms with Crippen LogP contribution in [0.15, 0.2) is 24.3 Å². The van der Waals surface area contributed by atoms with Gasteiger partial charge in [-0.1, -0.05) is 17.7 Å². The minimum absolute atomic E-state index is 0.0732. The summed E-state index contributed by atoms with van der Waals surface area (Å²) in [5.74, 6) is 0.309. The molecule has 0 bridgehead atoms. The van der Waals surface area contributed by atoms with Crippen molar-refractivity contribution in [2.75, 3.05) is 30.4 Å². The Bertz CT molecular complexity index is 964. The van der Waals surface area contributed by atoms with Gasteiger partial charge >= 0.3 is 0 Å². The van der Waals surface area contributed by atoms with Crippen LogP contribution in [0.3, 0.4) is 0 Å². The molecule has 1 N–H and O–H groups in total. The van der Waals surface area contributed by atoms with E-state index in [4.69, 9.17) is 0 Å². The van der Waals surface area contributed by atoms with E-state index in [0.717, 1.165) is 28.2 Å². The molecule has 2 heterocycles. The van der Waals surface area contributed by atoms with E-state index in [1.54, 1.807) is 0 Å². The molecule has 1 aliphatic heterocycles. The summed E-state index contributed by atoms with van der Waals surface area (Å²) in [6.07, 6.45) is 0.610.